The molecule has 0 heterocycles. The molecular formula is C47H90O6. The highest BCUT2D eigenvalue weighted by Crippen LogP contribution is 2.17. The Labute approximate surface area is 329 Å². The van der Waals surface area contributed by atoms with E-state index in [1.807, 2.05) is 0 Å². The Kier molecular flexibility index (Phi) is 37.5. The smallest absolute Gasteiger partial charge is 0.306 e. The van der Waals surface area contributed by atoms with Crippen molar-refractivity contribution >= 4 is 17.9 Å². The van der Waals surface area contributed by atoms with Crippen LogP contribution in [-0.2, 0) is 28.6 Å². The van der Waals surface area contributed by atoms with Gasteiger partial charge in [0.1, 0.15) is 13.2 Å². The second kappa shape index (κ2) is 38.7. The van der Waals surface area contributed by atoms with Gasteiger partial charge in [-0.25, -0.2) is 0 Å². The summed E-state index contributed by atoms with van der Waals surface area (Å²) < 4.78 is 16.7. The summed E-state index contributed by atoms with van der Waals surface area (Å²) in [6.45, 7) is 13.6. The Morgan fingerprint density at radius 3 is 0.981 bits per heavy atom. The van der Waals surface area contributed by atoms with Crippen LogP contribution < -0.4 is 0 Å². The van der Waals surface area contributed by atoms with Gasteiger partial charge in [0.15, 0.2) is 6.10 Å². The highest BCUT2D eigenvalue weighted by molar-refractivity contribution is 5.71. The fraction of sp³-hybridized carbons (Fsp3) is 0.936. The average Bonchev–Trinajstić information content (AvgIpc) is 3.12. The van der Waals surface area contributed by atoms with Crippen molar-refractivity contribution in [1.29, 1.82) is 0 Å². The van der Waals surface area contributed by atoms with Crippen LogP contribution in [0.4, 0.5) is 0 Å². The van der Waals surface area contributed by atoms with E-state index in [1.54, 1.807) is 0 Å². The predicted octanol–water partition coefficient (Wildman–Crippen LogP) is 14.4. The molecule has 0 N–H and O–H groups in total. The topological polar surface area (TPSA) is 78.9 Å². The van der Waals surface area contributed by atoms with Crippen molar-refractivity contribution in [2.75, 3.05) is 13.2 Å². The van der Waals surface area contributed by atoms with Crippen molar-refractivity contribution in [3.8, 4) is 0 Å². The third kappa shape index (κ3) is 39.9. The van der Waals surface area contributed by atoms with E-state index in [1.165, 1.54) is 128 Å². The molecule has 1 unspecified atom stereocenters. The van der Waals surface area contributed by atoms with E-state index in [9.17, 15) is 14.4 Å². The number of ether oxygens (including phenoxy) is 3. The maximum Gasteiger partial charge on any atom is 0.306 e. The van der Waals surface area contributed by atoms with Gasteiger partial charge in [0.2, 0.25) is 0 Å². The maximum atomic E-state index is 12.7. The molecule has 314 valence electrons. The lowest BCUT2D eigenvalue weighted by Crippen LogP contribution is -2.30. The van der Waals surface area contributed by atoms with Gasteiger partial charge < -0.3 is 14.2 Å². The Bertz CT molecular complexity index is 824. The second-order valence-electron chi connectivity index (χ2n) is 17.2. The fourth-order valence-electron chi connectivity index (χ4n) is 6.85. The van der Waals surface area contributed by atoms with E-state index < -0.39 is 6.10 Å². The van der Waals surface area contributed by atoms with Crippen molar-refractivity contribution in [1.82, 2.24) is 0 Å². The zero-order valence-corrected chi connectivity index (χ0v) is 36.3. The van der Waals surface area contributed by atoms with Crippen LogP contribution in [0.3, 0.4) is 0 Å². The van der Waals surface area contributed by atoms with E-state index in [2.05, 4.69) is 41.5 Å². The molecule has 2 atom stereocenters. The first-order chi connectivity index (χ1) is 25.6. The number of hydrogen-bond donors (Lipinski definition) is 0. The van der Waals surface area contributed by atoms with Crippen LogP contribution in [0.1, 0.15) is 247 Å². The molecule has 0 aromatic heterocycles. The zero-order valence-electron chi connectivity index (χ0n) is 36.3. The van der Waals surface area contributed by atoms with Crippen LogP contribution in [0.2, 0.25) is 0 Å². The third-order valence-corrected chi connectivity index (χ3v) is 10.8. The molecule has 0 spiro atoms. The molecule has 0 aromatic carbocycles. The standard InChI is InChI=1S/C47H90O6/c1-7-43(6)35-29-23-19-20-25-31-37-46(49)52-40-44(39-51-45(48)36-30-24-18-14-16-22-28-34-42(4)5)53-47(50)38-32-26-17-13-11-9-8-10-12-15-21-27-33-41(2)3/h41-44H,7-40H2,1-6H3/t43?,44-/m1/s1. The van der Waals surface area contributed by atoms with Crippen LogP contribution >= 0.6 is 0 Å². The van der Waals surface area contributed by atoms with Crippen LogP contribution in [0.5, 0.6) is 0 Å². The molecule has 0 aliphatic heterocycles. The molecule has 0 bridgehead atoms. The summed E-state index contributed by atoms with van der Waals surface area (Å²) in [6, 6.07) is 0. The van der Waals surface area contributed by atoms with Gasteiger partial charge in [-0.3, -0.25) is 14.4 Å². The predicted molar refractivity (Wildman–Crippen MR) is 224 cm³/mol. The molecule has 0 aliphatic rings. The maximum absolute atomic E-state index is 12.7. The van der Waals surface area contributed by atoms with Crippen LogP contribution in [0, 0.1) is 17.8 Å². The van der Waals surface area contributed by atoms with E-state index in [0.29, 0.717) is 19.3 Å². The number of rotatable bonds is 40. The third-order valence-electron chi connectivity index (χ3n) is 10.8. The summed E-state index contributed by atoms with van der Waals surface area (Å²) >= 11 is 0. The number of unbranched alkanes of at least 4 members (excludes halogenated alkanes) is 22. The van der Waals surface area contributed by atoms with Gasteiger partial charge in [0, 0.05) is 19.3 Å². The quantitative estimate of drug-likeness (QED) is 0.0352. The average molecular weight is 751 g/mol. The van der Waals surface area contributed by atoms with Crippen molar-refractivity contribution in [2.24, 2.45) is 17.8 Å². The first-order valence-electron chi connectivity index (χ1n) is 23.1. The monoisotopic (exact) mass is 751 g/mol. The lowest BCUT2D eigenvalue weighted by Gasteiger charge is -2.18. The second-order valence-corrected chi connectivity index (χ2v) is 17.2. The molecule has 0 amide bonds. The fourth-order valence-corrected chi connectivity index (χ4v) is 6.85. The molecule has 0 saturated carbocycles. The molecule has 0 saturated heterocycles. The van der Waals surface area contributed by atoms with Gasteiger partial charge in [-0.05, 0) is 37.0 Å². The first-order valence-corrected chi connectivity index (χ1v) is 23.1. The lowest BCUT2D eigenvalue weighted by molar-refractivity contribution is -0.167. The first kappa shape index (κ1) is 51.4. The van der Waals surface area contributed by atoms with E-state index in [0.717, 1.165) is 75.5 Å². The molecule has 53 heavy (non-hydrogen) atoms. The molecule has 6 nitrogen and oxygen atoms in total. The summed E-state index contributed by atoms with van der Waals surface area (Å²) in [5.74, 6) is 1.56. The number of carbonyl (C=O) groups is 3. The van der Waals surface area contributed by atoms with E-state index in [4.69, 9.17) is 14.2 Å². The summed E-state index contributed by atoms with van der Waals surface area (Å²) in [5.41, 5.74) is 0. The number of hydrogen-bond acceptors (Lipinski definition) is 6. The normalized spacial score (nSPS) is 12.7. The number of carbonyl (C=O) groups excluding carboxylic acids is 3. The highest BCUT2D eigenvalue weighted by atomic mass is 16.6. The van der Waals surface area contributed by atoms with Gasteiger partial charge in [-0.1, -0.05) is 208 Å². The van der Waals surface area contributed by atoms with Gasteiger partial charge >= 0.3 is 17.9 Å². The SMILES string of the molecule is CCC(C)CCCCCCCCC(=O)OC[C@@H](COC(=O)CCCCCCCCCC(C)C)OC(=O)CCCCCCCCCCCCCCC(C)C. The van der Waals surface area contributed by atoms with Gasteiger partial charge in [0.25, 0.3) is 0 Å². The molecular weight excluding hydrogens is 661 g/mol. The van der Waals surface area contributed by atoms with Crippen LogP contribution in [0.15, 0.2) is 0 Å². The van der Waals surface area contributed by atoms with Gasteiger partial charge in [-0.15, -0.1) is 0 Å². The molecule has 0 fully saturated rings. The summed E-state index contributed by atoms with van der Waals surface area (Å²) in [6.07, 6.45) is 35.3. The molecule has 0 aliphatic carbocycles. The Morgan fingerprint density at radius 2 is 0.660 bits per heavy atom. The largest absolute Gasteiger partial charge is 0.462 e. The lowest BCUT2D eigenvalue weighted by atomic mass is 10.00. The highest BCUT2D eigenvalue weighted by Gasteiger charge is 2.19. The van der Waals surface area contributed by atoms with E-state index >= 15 is 0 Å². The summed E-state index contributed by atoms with van der Waals surface area (Å²) in [4.78, 5) is 37.7. The molecule has 0 radical (unpaired) electrons. The Morgan fingerprint density at radius 1 is 0.377 bits per heavy atom. The Balaban J connectivity index is 4.33. The minimum atomic E-state index is -0.762. The Hall–Kier alpha value is -1.59. The van der Waals surface area contributed by atoms with E-state index in [-0.39, 0.29) is 31.1 Å². The van der Waals surface area contributed by atoms with Crippen molar-refractivity contribution in [3.05, 3.63) is 0 Å². The minimum absolute atomic E-state index is 0.0672. The van der Waals surface area contributed by atoms with Crippen molar-refractivity contribution in [3.63, 3.8) is 0 Å². The van der Waals surface area contributed by atoms with Crippen LogP contribution in [-0.4, -0.2) is 37.2 Å². The molecule has 0 rings (SSSR count). The van der Waals surface area contributed by atoms with Crippen molar-refractivity contribution in [2.45, 2.75) is 253 Å². The number of esters is 3. The van der Waals surface area contributed by atoms with Crippen molar-refractivity contribution < 1.29 is 28.6 Å². The molecule has 0 aromatic rings. The van der Waals surface area contributed by atoms with Gasteiger partial charge in [0.05, 0.1) is 0 Å². The minimum Gasteiger partial charge on any atom is -0.462 e. The van der Waals surface area contributed by atoms with Gasteiger partial charge in [-0.2, -0.15) is 0 Å². The summed E-state index contributed by atoms with van der Waals surface area (Å²) in [5, 5.41) is 0. The molecule has 6 heteroatoms. The zero-order chi connectivity index (χ0) is 39.2. The summed E-state index contributed by atoms with van der Waals surface area (Å²) in [7, 11) is 0. The van der Waals surface area contributed by atoms with Crippen LogP contribution in [0.25, 0.3) is 0 Å².